The smallest absolute Gasteiger partial charge is 0.134 e. The lowest BCUT2D eigenvalue weighted by molar-refractivity contribution is 0.441. The van der Waals surface area contributed by atoms with E-state index in [0.717, 1.165) is 11.6 Å². The summed E-state index contributed by atoms with van der Waals surface area (Å²) in [4.78, 5) is 9.81. The van der Waals surface area contributed by atoms with Gasteiger partial charge in [-0.15, -0.1) is 0 Å². The van der Waals surface area contributed by atoms with Crippen LogP contribution in [0.1, 0.15) is 94.0 Å². The zero-order valence-electron chi connectivity index (χ0n) is 13.4. The molecule has 1 heterocycles. The van der Waals surface area contributed by atoms with Crippen LogP contribution in [0.25, 0.3) is 0 Å². The second-order valence-corrected chi connectivity index (χ2v) is 6.81. The molecule has 2 aliphatic rings. The number of aromatic nitrogens is 2. The fourth-order valence-electron chi connectivity index (χ4n) is 3.94. The monoisotopic (exact) mass is 287 g/mol. The van der Waals surface area contributed by atoms with Crippen LogP contribution in [-0.4, -0.2) is 17.0 Å². The molecule has 3 nitrogen and oxygen atoms in total. The minimum Gasteiger partial charge on any atom is -0.373 e. The predicted molar refractivity (Wildman–Crippen MR) is 87.8 cm³/mol. The molecule has 2 aliphatic carbocycles. The maximum absolute atomic E-state index is 5.01. The molecule has 0 amide bonds. The van der Waals surface area contributed by atoms with Gasteiger partial charge < -0.3 is 5.32 Å². The number of hydrogen-bond acceptors (Lipinski definition) is 3. The van der Waals surface area contributed by atoms with Gasteiger partial charge in [0, 0.05) is 30.6 Å². The van der Waals surface area contributed by atoms with E-state index in [9.17, 15) is 0 Å². The Balaban J connectivity index is 1.83. The van der Waals surface area contributed by atoms with Crippen LogP contribution in [0.5, 0.6) is 0 Å². The molecule has 0 radical (unpaired) electrons. The van der Waals surface area contributed by atoms with Crippen molar-refractivity contribution in [2.75, 3.05) is 12.4 Å². The van der Waals surface area contributed by atoms with Crippen LogP contribution in [0, 0.1) is 0 Å². The topological polar surface area (TPSA) is 37.8 Å². The predicted octanol–water partition coefficient (Wildman–Crippen LogP) is 5.00. The highest BCUT2D eigenvalue weighted by Crippen LogP contribution is 2.35. The zero-order chi connectivity index (χ0) is 14.5. The third-order valence-corrected chi connectivity index (χ3v) is 5.26. The van der Waals surface area contributed by atoms with Gasteiger partial charge in [0.25, 0.3) is 0 Å². The Hall–Kier alpha value is -1.12. The van der Waals surface area contributed by atoms with E-state index in [2.05, 4.69) is 11.4 Å². The highest BCUT2D eigenvalue weighted by Gasteiger charge is 2.22. The van der Waals surface area contributed by atoms with E-state index in [-0.39, 0.29) is 0 Å². The fraction of sp³-hybridized carbons (Fsp3) is 0.778. The maximum Gasteiger partial charge on any atom is 0.134 e. The van der Waals surface area contributed by atoms with Gasteiger partial charge >= 0.3 is 0 Å². The number of hydrogen-bond donors (Lipinski definition) is 1. The average Bonchev–Trinajstić information content (AvgIpc) is 3.00. The first-order valence-corrected chi connectivity index (χ1v) is 8.93. The summed E-state index contributed by atoms with van der Waals surface area (Å²) in [5, 5.41) is 3.25. The van der Waals surface area contributed by atoms with Crippen LogP contribution in [0.2, 0.25) is 0 Å². The minimum absolute atomic E-state index is 0.582. The first-order chi connectivity index (χ1) is 10.4. The molecule has 3 rings (SSSR count). The molecule has 0 saturated heterocycles. The molecule has 116 valence electrons. The Morgan fingerprint density at radius 3 is 2.05 bits per heavy atom. The van der Waals surface area contributed by atoms with Gasteiger partial charge in [0.15, 0.2) is 0 Å². The van der Waals surface area contributed by atoms with Gasteiger partial charge in [0.1, 0.15) is 11.6 Å². The van der Waals surface area contributed by atoms with Crippen LogP contribution in [0.3, 0.4) is 0 Å². The summed E-state index contributed by atoms with van der Waals surface area (Å²) in [6.07, 6.45) is 14.8. The maximum atomic E-state index is 5.01. The van der Waals surface area contributed by atoms with Crippen molar-refractivity contribution in [1.82, 2.24) is 9.97 Å². The molecule has 3 heteroatoms. The van der Waals surface area contributed by atoms with E-state index in [1.165, 1.54) is 76.3 Å². The molecule has 0 aromatic carbocycles. The number of anilines is 1. The molecule has 0 aliphatic heterocycles. The summed E-state index contributed by atoms with van der Waals surface area (Å²) >= 11 is 0. The van der Waals surface area contributed by atoms with E-state index >= 15 is 0 Å². The van der Waals surface area contributed by atoms with Crippen molar-refractivity contribution >= 4 is 5.82 Å². The molecule has 0 bridgehead atoms. The minimum atomic E-state index is 0.582. The van der Waals surface area contributed by atoms with Crippen molar-refractivity contribution in [3.63, 3.8) is 0 Å². The normalized spacial score (nSPS) is 22.0. The highest BCUT2D eigenvalue weighted by molar-refractivity contribution is 5.37. The van der Waals surface area contributed by atoms with E-state index in [0.29, 0.717) is 11.8 Å². The van der Waals surface area contributed by atoms with Crippen LogP contribution in [-0.2, 0) is 0 Å². The second kappa shape index (κ2) is 7.24. The van der Waals surface area contributed by atoms with Gasteiger partial charge in [-0.05, 0) is 25.7 Å². The van der Waals surface area contributed by atoms with Gasteiger partial charge in [-0.2, -0.15) is 0 Å². The van der Waals surface area contributed by atoms with Crippen molar-refractivity contribution in [2.24, 2.45) is 0 Å². The zero-order valence-corrected chi connectivity index (χ0v) is 13.4. The van der Waals surface area contributed by atoms with Crippen LogP contribution < -0.4 is 5.32 Å². The third kappa shape index (κ3) is 3.75. The van der Waals surface area contributed by atoms with Crippen molar-refractivity contribution in [2.45, 2.75) is 82.5 Å². The average molecular weight is 287 g/mol. The molecule has 0 atom stereocenters. The summed E-state index contributed by atoms with van der Waals surface area (Å²) in [5.74, 6) is 3.39. The Morgan fingerprint density at radius 2 is 1.38 bits per heavy atom. The van der Waals surface area contributed by atoms with Gasteiger partial charge in [-0.1, -0.05) is 44.9 Å². The van der Waals surface area contributed by atoms with E-state index < -0.39 is 0 Å². The molecule has 1 aromatic rings. The van der Waals surface area contributed by atoms with Crippen LogP contribution in [0.4, 0.5) is 5.82 Å². The molecule has 21 heavy (non-hydrogen) atoms. The second-order valence-electron chi connectivity index (χ2n) is 6.81. The Labute approximate surface area is 129 Å². The van der Waals surface area contributed by atoms with E-state index in [1.54, 1.807) is 0 Å². The lowest BCUT2D eigenvalue weighted by Crippen LogP contribution is -2.11. The quantitative estimate of drug-likeness (QED) is 0.849. The molecule has 2 saturated carbocycles. The number of nitrogens with one attached hydrogen (secondary N) is 1. The Morgan fingerprint density at radius 1 is 0.810 bits per heavy atom. The molecule has 0 spiro atoms. The summed E-state index contributed by atoms with van der Waals surface area (Å²) < 4.78 is 0. The van der Waals surface area contributed by atoms with Gasteiger partial charge in [0.2, 0.25) is 0 Å². The van der Waals surface area contributed by atoms with Crippen LogP contribution in [0.15, 0.2) is 6.07 Å². The number of nitrogens with zero attached hydrogens (tertiary/aromatic N) is 2. The first-order valence-electron chi connectivity index (χ1n) is 8.93. The van der Waals surface area contributed by atoms with Crippen molar-refractivity contribution in [3.8, 4) is 0 Å². The molecular weight excluding hydrogens is 258 g/mol. The van der Waals surface area contributed by atoms with Crippen molar-refractivity contribution in [1.29, 1.82) is 0 Å². The Bertz CT molecular complexity index is 444. The highest BCUT2D eigenvalue weighted by atomic mass is 15.0. The summed E-state index contributed by atoms with van der Waals surface area (Å²) in [5.41, 5.74) is 1.30. The third-order valence-electron chi connectivity index (χ3n) is 5.26. The van der Waals surface area contributed by atoms with E-state index in [1.807, 2.05) is 7.05 Å². The lowest BCUT2D eigenvalue weighted by Gasteiger charge is -2.20. The first kappa shape index (κ1) is 14.8. The van der Waals surface area contributed by atoms with Crippen molar-refractivity contribution < 1.29 is 0 Å². The SMILES string of the molecule is CNc1cc(C2CCCC2)nc(C2CCCCCCC2)n1. The van der Waals surface area contributed by atoms with E-state index in [4.69, 9.17) is 9.97 Å². The van der Waals surface area contributed by atoms with Gasteiger partial charge in [0.05, 0.1) is 0 Å². The lowest BCUT2D eigenvalue weighted by atomic mass is 9.90. The van der Waals surface area contributed by atoms with Gasteiger partial charge in [-0.3, -0.25) is 0 Å². The number of rotatable bonds is 3. The largest absolute Gasteiger partial charge is 0.373 e. The summed E-state index contributed by atoms with van der Waals surface area (Å²) in [6, 6.07) is 2.18. The molecule has 0 unspecified atom stereocenters. The molecule has 2 fully saturated rings. The van der Waals surface area contributed by atoms with Crippen LogP contribution >= 0.6 is 0 Å². The fourth-order valence-corrected chi connectivity index (χ4v) is 3.94. The Kier molecular flexibility index (Phi) is 5.10. The van der Waals surface area contributed by atoms with Crippen molar-refractivity contribution in [3.05, 3.63) is 17.6 Å². The molecule has 1 aromatic heterocycles. The standard InChI is InChI=1S/C18H29N3/c1-19-17-13-16(14-9-7-8-10-14)20-18(21-17)15-11-5-3-2-4-6-12-15/h13-15H,2-12H2,1H3,(H,19,20,21). The molecular formula is C18H29N3. The summed E-state index contributed by atoms with van der Waals surface area (Å²) in [7, 11) is 1.97. The van der Waals surface area contributed by atoms with Gasteiger partial charge in [-0.25, -0.2) is 9.97 Å². The summed E-state index contributed by atoms with van der Waals surface area (Å²) in [6.45, 7) is 0. The molecule has 1 N–H and O–H groups in total.